The van der Waals surface area contributed by atoms with Crippen LogP contribution in [0.25, 0.3) is 16.9 Å². The minimum absolute atomic E-state index is 0.209. The quantitative estimate of drug-likeness (QED) is 0.364. The lowest BCUT2D eigenvalue weighted by molar-refractivity contribution is 0.0526. The number of esters is 1. The highest BCUT2D eigenvalue weighted by molar-refractivity contribution is 6.37. The minimum Gasteiger partial charge on any atom is -0.462 e. The van der Waals surface area contributed by atoms with E-state index in [0.29, 0.717) is 33.8 Å². The lowest BCUT2D eigenvalue weighted by Crippen LogP contribution is -2.29. The first-order valence-electron chi connectivity index (χ1n) is 9.97. The molecule has 0 fully saturated rings. The Morgan fingerprint density at radius 1 is 1.03 bits per heavy atom. The van der Waals surface area contributed by atoms with Crippen LogP contribution in [0.4, 0.5) is 5.69 Å². The van der Waals surface area contributed by atoms with Crippen molar-refractivity contribution in [3.8, 4) is 5.82 Å². The lowest BCUT2D eigenvalue weighted by atomic mass is 10.1. The van der Waals surface area contributed by atoms with Crippen molar-refractivity contribution >= 4 is 34.5 Å². The number of carbonyl (C=O) groups is 3. The summed E-state index contributed by atoms with van der Waals surface area (Å²) in [5, 5.41) is 5.01. The van der Waals surface area contributed by atoms with Gasteiger partial charge in [-0.25, -0.2) is 19.7 Å². The number of pyridine rings is 2. The van der Waals surface area contributed by atoms with Crippen LogP contribution in [0.2, 0.25) is 0 Å². The number of ether oxygens (including phenoxy) is 1. The van der Waals surface area contributed by atoms with Crippen LogP contribution in [0.1, 0.15) is 43.7 Å². The van der Waals surface area contributed by atoms with Crippen molar-refractivity contribution < 1.29 is 19.1 Å². The van der Waals surface area contributed by atoms with Crippen molar-refractivity contribution in [1.29, 1.82) is 0 Å². The molecule has 9 nitrogen and oxygen atoms in total. The number of aromatic nitrogens is 4. The van der Waals surface area contributed by atoms with Crippen molar-refractivity contribution in [2.45, 2.75) is 13.8 Å². The standard InChI is InChI=1S/C23H17N5O4/c1-3-32-23(31)14-7-9-15(10-8-14)27-21(29)16-12-25-20-18(19(16)22(27)30)13(2)26-28(20)17-6-4-5-11-24-17/h4-12H,3H2,1-2H3. The maximum atomic E-state index is 13.4. The molecule has 5 rings (SSSR count). The molecule has 4 heterocycles. The molecule has 1 aliphatic rings. The average Bonchev–Trinajstić information content (AvgIpc) is 3.28. The molecule has 0 spiro atoms. The first kappa shape index (κ1) is 19.6. The first-order chi connectivity index (χ1) is 15.5. The Labute approximate surface area is 182 Å². The second kappa shape index (κ2) is 7.38. The molecular weight excluding hydrogens is 410 g/mol. The fourth-order valence-electron chi connectivity index (χ4n) is 3.79. The highest BCUT2D eigenvalue weighted by Gasteiger charge is 2.40. The molecule has 0 saturated carbocycles. The van der Waals surface area contributed by atoms with Gasteiger partial charge in [-0.2, -0.15) is 9.78 Å². The number of aryl methyl sites for hydroxylation is 1. The van der Waals surface area contributed by atoms with Gasteiger partial charge in [-0.15, -0.1) is 0 Å². The number of rotatable bonds is 4. The Morgan fingerprint density at radius 2 is 1.81 bits per heavy atom. The molecule has 0 unspecified atom stereocenters. The molecule has 0 aliphatic carbocycles. The van der Waals surface area contributed by atoms with Gasteiger partial charge in [-0.1, -0.05) is 6.07 Å². The molecule has 0 bridgehead atoms. The van der Waals surface area contributed by atoms with Crippen LogP contribution >= 0.6 is 0 Å². The smallest absolute Gasteiger partial charge is 0.338 e. The molecule has 1 aliphatic heterocycles. The Balaban J connectivity index is 1.59. The van der Waals surface area contributed by atoms with Crippen molar-refractivity contribution in [1.82, 2.24) is 19.7 Å². The van der Waals surface area contributed by atoms with E-state index in [4.69, 9.17) is 4.74 Å². The second-order valence-corrected chi connectivity index (χ2v) is 7.14. The highest BCUT2D eigenvalue weighted by Crippen LogP contribution is 2.34. The Bertz CT molecular complexity index is 1390. The summed E-state index contributed by atoms with van der Waals surface area (Å²) in [6.45, 7) is 3.74. The average molecular weight is 427 g/mol. The van der Waals surface area contributed by atoms with Gasteiger partial charge in [0, 0.05) is 12.4 Å². The number of fused-ring (bicyclic) bond motifs is 3. The zero-order valence-corrected chi connectivity index (χ0v) is 17.3. The van der Waals surface area contributed by atoms with Crippen LogP contribution in [0.5, 0.6) is 0 Å². The maximum Gasteiger partial charge on any atom is 0.338 e. The van der Waals surface area contributed by atoms with Gasteiger partial charge in [-0.05, 0) is 50.2 Å². The Hall–Kier alpha value is -4.40. The third-order valence-corrected chi connectivity index (χ3v) is 5.22. The van der Waals surface area contributed by atoms with Crippen molar-refractivity contribution in [3.63, 3.8) is 0 Å². The van der Waals surface area contributed by atoms with Gasteiger partial charge in [0.2, 0.25) is 0 Å². The summed E-state index contributed by atoms with van der Waals surface area (Å²) in [6, 6.07) is 11.5. The van der Waals surface area contributed by atoms with E-state index in [9.17, 15) is 14.4 Å². The van der Waals surface area contributed by atoms with Gasteiger partial charge >= 0.3 is 5.97 Å². The van der Waals surface area contributed by atoms with Crippen molar-refractivity contribution in [2.75, 3.05) is 11.5 Å². The van der Waals surface area contributed by atoms with Crippen LogP contribution in [0.3, 0.4) is 0 Å². The van der Waals surface area contributed by atoms with Crippen molar-refractivity contribution in [3.05, 3.63) is 77.2 Å². The molecule has 0 N–H and O–H groups in total. The molecule has 2 amide bonds. The molecule has 0 saturated heterocycles. The Morgan fingerprint density at radius 3 is 2.50 bits per heavy atom. The summed E-state index contributed by atoms with van der Waals surface area (Å²) in [5.41, 5.74) is 2.17. The molecule has 3 aromatic heterocycles. The van der Waals surface area contributed by atoms with E-state index in [1.807, 2.05) is 6.07 Å². The summed E-state index contributed by atoms with van der Waals surface area (Å²) in [6.07, 6.45) is 3.04. The topological polar surface area (TPSA) is 107 Å². The summed E-state index contributed by atoms with van der Waals surface area (Å²) in [7, 11) is 0. The summed E-state index contributed by atoms with van der Waals surface area (Å²) >= 11 is 0. The van der Waals surface area contributed by atoms with Crippen LogP contribution in [-0.2, 0) is 4.74 Å². The number of amides is 2. The van der Waals surface area contributed by atoms with Gasteiger partial charge in [-0.3, -0.25) is 9.59 Å². The van der Waals surface area contributed by atoms with Gasteiger partial charge in [0.1, 0.15) is 0 Å². The van der Waals surface area contributed by atoms with E-state index in [2.05, 4.69) is 15.1 Å². The lowest BCUT2D eigenvalue weighted by Gasteiger charge is -2.14. The normalized spacial score (nSPS) is 13.0. The Kier molecular flexibility index (Phi) is 4.51. The summed E-state index contributed by atoms with van der Waals surface area (Å²) in [4.78, 5) is 48.2. The monoisotopic (exact) mass is 427 g/mol. The third-order valence-electron chi connectivity index (χ3n) is 5.22. The zero-order chi connectivity index (χ0) is 22.4. The number of imide groups is 1. The van der Waals surface area contributed by atoms with Gasteiger partial charge in [0.25, 0.3) is 11.8 Å². The number of hydrogen-bond acceptors (Lipinski definition) is 7. The third kappa shape index (κ3) is 2.86. The fourth-order valence-corrected chi connectivity index (χ4v) is 3.79. The number of benzene rings is 1. The SMILES string of the molecule is CCOC(=O)c1ccc(N2C(=O)c3cnc4c(c(C)nn4-c4ccccn4)c3C2=O)cc1. The largest absolute Gasteiger partial charge is 0.462 e. The van der Waals surface area contributed by atoms with Crippen LogP contribution < -0.4 is 4.90 Å². The predicted octanol–water partition coefficient (Wildman–Crippen LogP) is 3.10. The van der Waals surface area contributed by atoms with Crippen LogP contribution in [0, 0.1) is 6.92 Å². The highest BCUT2D eigenvalue weighted by atomic mass is 16.5. The van der Waals surface area contributed by atoms with Gasteiger partial charge in [0.15, 0.2) is 11.5 Å². The number of carbonyl (C=O) groups excluding carboxylic acids is 3. The molecule has 32 heavy (non-hydrogen) atoms. The van der Waals surface area contributed by atoms with E-state index < -0.39 is 17.8 Å². The molecule has 4 aromatic rings. The van der Waals surface area contributed by atoms with Crippen molar-refractivity contribution in [2.24, 2.45) is 0 Å². The summed E-state index contributed by atoms with van der Waals surface area (Å²) < 4.78 is 6.53. The maximum absolute atomic E-state index is 13.4. The number of hydrogen-bond donors (Lipinski definition) is 0. The zero-order valence-electron chi connectivity index (χ0n) is 17.3. The molecule has 0 radical (unpaired) electrons. The molecule has 1 aromatic carbocycles. The fraction of sp³-hybridized carbons (Fsp3) is 0.130. The van der Waals surface area contributed by atoms with E-state index in [1.54, 1.807) is 49.0 Å². The van der Waals surface area contributed by atoms with E-state index in [-0.39, 0.29) is 17.7 Å². The van der Waals surface area contributed by atoms with E-state index in [1.165, 1.54) is 18.3 Å². The number of nitrogens with zero attached hydrogens (tertiary/aromatic N) is 5. The summed E-state index contributed by atoms with van der Waals surface area (Å²) in [5.74, 6) is -0.857. The van der Waals surface area contributed by atoms with Gasteiger partial charge < -0.3 is 4.74 Å². The molecule has 158 valence electrons. The van der Waals surface area contributed by atoms with E-state index >= 15 is 0 Å². The molecule has 0 atom stereocenters. The second-order valence-electron chi connectivity index (χ2n) is 7.14. The van der Waals surface area contributed by atoms with E-state index in [0.717, 1.165) is 4.90 Å². The number of anilines is 1. The molecular formula is C23H17N5O4. The first-order valence-corrected chi connectivity index (χ1v) is 9.97. The van der Waals surface area contributed by atoms with Gasteiger partial charge in [0.05, 0.1) is 40.1 Å². The molecule has 9 heteroatoms. The van der Waals surface area contributed by atoms with Crippen LogP contribution in [0.15, 0.2) is 54.9 Å². The minimum atomic E-state index is -0.478. The predicted molar refractivity (Wildman–Crippen MR) is 115 cm³/mol. The van der Waals surface area contributed by atoms with Crippen LogP contribution in [-0.4, -0.2) is 44.1 Å².